The van der Waals surface area contributed by atoms with E-state index in [1.165, 1.54) is 6.33 Å². The number of hydrogen-bond acceptors (Lipinski definition) is 3. The standard InChI is InChI=1S/C11H11Cl2N5O/c12-8-2-1-7(5-9(8)13)17-11(19)14-4-3-10-15-6-16-18-10/h1-2,5-6H,3-4H2,(H2,14,17,19)(H,15,16,18). The zero-order valence-corrected chi connectivity index (χ0v) is 11.3. The van der Waals surface area contributed by atoms with Gasteiger partial charge in [-0.25, -0.2) is 9.78 Å². The summed E-state index contributed by atoms with van der Waals surface area (Å²) < 4.78 is 0. The molecule has 19 heavy (non-hydrogen) atoms. The van der Waals surface area contributed by atoms with Crippen molar-refractivity contribution in [1.29, 1.82) is 0 Å². The number of carbonyl (C=O) groups excluding carboxylic acids is 1. The number of nitrogens with zero attached hydrogens (tertiary/aromatic N) is 2. The van der Waals surface area contributed by atoms with Gasteiger partial charge in [-0.2, -0.15) is 5.10 Å². The fourth-order valence-corrected chi connectivity index (χ4v) is 1.69. The Bertz CT molecular complexity index is 558. The number of carbonyl (C=O) groups is 1. The van der Waals surface area contributed by atoms with Crippen molar-refractivity contribution in [3.8, 4) is 0 Å². The Labute approximate surface area is 119 Å². The lowest BCUT2D eigenvalue weighted by molar-refractivity contribution is 0.252. The van der Waals surface area contributed by atoms with Crippen LogP contribution in [0.15, 0.2) is 24.5 Å². The lowest BCUT2D eigenvalue weighted by Crippen LogP contribution is -2.30. The van der Waals surface area contributed by atoms with Crippen molar-refractivity contribution < 1.29 is 4.79 Å². The van der Waals surface area contributed by atoms with Crippen LogP contribution in [0.1, 0.15) is 5.82 Å². The zero-order chi connectivity index (χ0) is 13.7. The molecule has 0 aliphatic carbocycles. The number of H-pyrrole nitrogens is 1. The predicted molar refractivity (Wildman–Crippen MR) is 73.6 cm³/mol. The van der Waals surface area contributed by atoms with E-state index in [-0.39, 0.29) is 6.03 Å². The molecule has 0 saturated carbocycles. The van der Waals surface area contributed by atoms with Crippen LogP contribution in [-0.2, 0) is 6.42 Å². The number of nitrogens with one attached hydrogen (secondary N) is 3. The van der Waals surface area contributed by atoms with Crippen LogP contribution in [0.25, 0.3) is 0 Å². The monoisotopic (exact) mass is 299 g/mol. The van der Waals surface area contributed by atoms with Crippen LogP contribution in [0, 0.1) is 0 Å². The second-order valence-electron chi connectivity index (χ2n) is 3.69. The molecule has 0 atom stereocenters. The van der Waals surface area contributed by atoms with Crippen LogP contribution in [0.3, 0.4) is 0 Å². The van der Waals surface area contributed by atoms with Crippen molar-refractivity contribution in [1.82, 2.24) is 20.5 Å². The topological polar surface area (TPSA) is 82.7 Å². The number of rotatable bonds is 4. The highest BCUT2D eigenvalue weighted by Crippen LogP contribution is 2.24. The van der Waals surface area contributed by atoms with Gasteiger partial charge in [0.2, 0.25) is 0 Å². The molecule has 0 fully saturated rings. The number of aromatic amines is 1. The van der Waals surface area contributed by atoms with Gasteiger partial charge in [-0.15, -0.1) is 0 Å². The van der Waals surface area contributed by atoms with Crippen LogP contribution in [0.4, 0.5) is 10.5 Å². The summed E-state index contributed by atoms with van der Waals surface area (Å²) in [5.74, 6) is 0.717. The molecule has 1 aromatic carbocycles. The summed E-state index contributed by atoms with van der Waals surface area (Å²) in [6.45, 7) is 0.447. The second kappa shape index (κ2) is 6.40. The number of hydrogen-bond donors (Lipinski definition) is 3. The molecule has 0 spiro atoms. The highest BCUT2D eigenvalue weighted by molar-refractivity contribution is 6.42. The minimum Gasteiger partial charge on any atom is -0.337 e. The summed E-state index contributed by atoms with van der Waals surface area (Å²) in [6.07, 6.45) is 2.00. The third-order valence-corrected chi connectivity index (χ3v) is 3.03. The molecule has 1 heterocycles. The molecule has 0 unspecified atom stereocenters. The van der Waals surface area contributed by atoms with E-state index in [9.17, 15) is 4.79 Å². The Morgan fingerprint density at radius 3 is 2.84 bits per heavy atom. The first-order chi connectivity index (χ1) is 9.15. The van der Waals surface area contributed by atoms with Crippen LogP contribution < -0.4 is 10.6 Å². The van der Waals surface area contributed by atoms with Crippen LogP contribution in [0.2, 0.25) is 10.0 Å². The molecule has 2 amide bonds. The Balaban J connectivity index is 1.79. The highest BCUT2D eigenvalue weighted by Gasteiger charge is 2.04. The summed E-state index contributed by atoms with van der Waals surface area (Å²) in [7, 11) is 0. The number of halogens is 2. The van der Waals surface area contributed by atoms with E-state index in [1.54, 1.807) is 18.2 Å². The lowest BCUT2D eigenvalue weighted by atomic mass is 10.3. The van der Waals surface area contributed by atoms with Crippen molar-refractivity contribution in [2.45, 2.75) is 6.42 Å². The second-order valence-corrected chi connectivity index (χ2v) is 4.51. The van der Waals surface area contributed by atoms with E-state index in [2.05, 4.69) is 25.8 Å². The fraction of sp³-hybridized carbons (Fsp3) is 0.182. The van der Waals surface area contributed by atoms with Gasteiger partial charge < -0.3 is 10.6 Å². The van der Waals surface area contributed by atoms with Crippen molar-refractivity contribution in [2.75, 3.05) is 11.9 Å². The molecule has 0 saturated heterocycles. The number of anilines is 1. The average molecular weight is 300 g/mol. The first-order valence-electron chi connectivity index (χ1n) is 5.49. The van der Waals surface area contributed by atoms with Gasteiger partial charge in [0.15, 0.2) is 0 Å². The largest absolute Gasteiger partial charge is 0.337 e. The summed E-state index contributed by atoms with van der Waals surface area (Å²) in [5.41, 5.74) is 0.576. The van der Waals surface area contributed by atoms with E-state index in [1.807, 2.05) is 0 Å². The van der Waals surface area contributed by atoms with Gasteiger partial charge in [0.05, 0.1) is 10.0 Å². The molecule has 0 bridgehead atoms. The van der Waals surface area contributed by atoms with E-state index >= 15 is 0 Å². The van der Waals surface area contributed by atoms with Crippen molar-refractivity contribution in [3.63, 3.8) is 0 Å². The van der Waals surface area contributed by atoms with E-state index in [0.717, 1.165) is 5.82 Å². The molecule has 0 aliphatic heterocycles. The number of aromatic nitrogens is 3. The van der Waals surface area contributed by atoms with Crippen molar-refractivity contribution in [2.24, 2.45) is 0 Å². The van der Waals surface area contributed by atoms with Crippen LogP contribution in [-0.4, -0.2) is 27.8 Å². The number of benzene rings is 1. The van der Waals surface area contributed by atoms with Gasteiger partial charge in [-0.1, -0.05) is 23.2 Å². The maximum atomic E-state index is 11.6. The van der Waals surface area contributed by atoms with Gasteiger partial charge in [-0.05, 0) is 18.2 Å². The first kappa shape index (κ1) is 13.6. The summed E-state index contributed by atoms with van der Waals surface area (Å²) in [4.78, 5) is 15.5. The molecule has 2 rings (SSSR count). The molecule has 6 nitrogen and oxygen atoms in total. The Morgan fingerprint density at radius 2 is 2.16 bits per heavy atom. The van der Waals surface area contributed by atoms with E-state index < -0.39 is 0 Å². The molecular weight excluding hydrogens is 289 g/mol. The van der Waals surface area contributed by atoms with Gasteiger partial charge in [0, 0.05) is 18.7 Å². The first-order valence-corrected chi connectivity index (χ1v) is 6.25. The van der Waals surface area contributed by atoms with Gasteiger partial charge in [0.1, 0.15) is 12.2 Å². The third kappa shape index (κ3) is 4.11. The van der Waals surface area contributed by atoms with E-state index in [0.29, 0.717) is 28.7 Å². The fourth-order valence-electron chi connectivity index (χ4n) is 1.39. The Hall–Kier alpha value is -1.79. The number of urea groups is 1. The molecule has 3 N–H and O–H groups in total. The zero-order valence-electron chi connectivity index (χ0n) is 9.78. The molecule has 0 aliphatic rings. The SMILES string of the molecule is O=C(NCCc1ncn[nH]1)Nc1ccc(Cl)c(Cl)c1. The minimum absolute atomic E-state index is 0.321. The Morgan fingerprint density at radius 1 is 1.32 bits per heavy atom. The Kier molecular flexibility index (Phi) is 4.59. The predicted octanol–water partition coefficient (Wildman–Crippen LogP) is 2.48. The summed E-state index contributed by atoms with van der Waals surface area (Å²) >= 11 is 11.6. The molecule has 1 aromatic heterocycles. The molecule has 8 heteroatoms. The lowest BCUT2D eigenvalue weighted by Gasteiger charge is -2.07. The normalized spacial score (nSPS) is 10.2. The molecular formula is C11H11Cl2N5O. The smallest absolute Gasteiger partial charge is 0.319 e. The summed E-state index contributed by atoms with van der Waals surface area (Å²) in [6, 6.07) is 4.55. The highest BCUT2D eigenvalue weighted by atomic mass is 35.5. The van der Waals surface area contributed by atoms with Crippen molar-refractivity contribution in [3.05, 3.63) is 40.4 Å². The maximum absolute atomic E-state index is 11.6. The van der Waals surface area contributed by atoms with Gasteiger partial charge in [-0.3, -0.25) is 5.10 Å². The maximum Gasteiger partial charge on any atom is 0.319 e. The summed E-state index contributed by atoms with van der Waals surface area (Å²) in [5, 5.41) is 12.6. The minimum atomic E-state index is -0.321. The van der Waals surface area contributed by atoms with Crippen LogP contribution in [0.5, 0.6) is 0 Å². The molecule has 0 radical (unpaired) electrons. The molecule has 2 aromatic rings. The van der Waals surface area contributed by atoms with Gasteiger partial charge in [0.25, 0.3) is 0 Å². The van der Waals surface area contributed by atoms with E-state index in [4.69, 9.17) is 23.2 Å². The molecule has 100 valence electrons. The number of amides is 2. The van der Waals surface area contributed by atoms with Gasteiger partial charge >= 0.3 is 6.03 Å². The van der Waals surface area contributed by atoms with Crippen LogP contribution >= 0.6 is 23.2 Å². The van der Waals surface area contributed by atoms with Crippen molar-refractivity contribution >= 4 is 34.9 Å². The quantitative estimate of drug-likeness (QED) is 0.811. The average Bonchev–Trinajstić information content (AvgIpc) is 2.87. The third-order valence-electron chi connectivity index (χ3n) is 2.29.